The molecule has 0 radical (unpaired) electrons. The number of hydrogen-bond donors (Lipinski definition) is 1. The number of rotatable bonds is 6. The first-order chi connectivity index (χ1) is 15.9. The average Bonchev–Trinajstić information content (AvgIpc) is 3.18. The normalized spacial score (nSPS) is 17.7. The summed E-state index contributed by atoms with van der Waals surface area (Å²) in [5.41, 5.74) is 2.31. The molecule has 1 aliphatic rings. The van der Waals surface area contributed by atoms with E-state index in [1.54, 1.807) is 74.6 Å². The van der Waals surface area contributed by atoms with Gasteiger partial charge in [0.2, 0.25) is 11.8 Å². The van der Waals surface area contributed by atoms with Gasteiger partial charge in [0, 0.05) is 17.8 Å². The maximum atomic E-state index is 14.0. The second-order valence-corrected chi connectivity index (χ2v) is 7.94. The van der Waals surface area contributed by atoms with Crippen LogP contribution in [0.1, 0.15) is 23.6 Å². The molecule has 1 aliphatic heterocycles. The Bertz CT molecular complexity index is 1160. The lowest BCUT2D eigenvalue weighted by molar-refractivity contribution is -0.122. The summed E-state index contributed by atoms with van der Waals surface area (Å²) >= 11 is 0. The van der Waals surface area contributed by atoms with E-state index in [0.29, 0.717) is 28.4 Å². The van der Waals surface area contributed by atoms with E-state index in [9.17, 15) is 14.0 Å². The molecule has 6 nitrogen and oxygen atoms in total. The number of carbonyl (C=O) groups excluding carboxylic acids is 2. The predicted octanol–water partition coefficient (Wildman–Crippen LogP) is 4.88. The molecule has 2 atom stereocenters. The van der Waals surface area contributed by atoms with Crippen molar-refractivity contribution < 1.29 is 23.5 Å². The summed E-state index contributed by atoms with van der Waals surface area (Å²) in [5, 5.41) is 2.78. The fourth-order valence-corrected chi connectivity index (χ4v) is 4.10. The van der Waals surface area contributed by atoms with Crippen LogP contribution in [0.2, 0.25) is 0 Å². The summed E-state index contributed by atoms with van der Waals surface area (Å²) in [7, 11) is 3.15. The number of hydrogen-bond acceptors (Lipinski definition) is 4. The molecule has 7 heteroatoms. The van der Waals surface area contributed by atoms with Crippen LogP contribution < -0.4 is 19.7 Å². The van der Waals surface area contributed by atoms with E-state index in [1.807, 2.05) is 12.1 Å². The number of ether oxygens (including phenoxy) is 2. The van der Waals surface area contributed by atoms with Gasteiger partial charge in [0.25, 0.3) is 0 Å². The Kier molecular flexibility index (Phi) is 6.31. The van der Waals surface area contributed by atoms with Crippen molar-refractivity contribution in [3.8, 4) is 11.5 Å². The van der Waals surface area contributed by atoms with Crippen LogP contribution in [0.3, 0.4) is 0 Å². The molecule has 4 rings (SSSR count). The topological polar surface area (TPSA) is 67.9 Å². The van der Waals surface area contributed by atoms with Crippen LogP contribution in [-0.2, 0) is 9.59 Å². The van der Waals surface area contributed by atoms with E-state index in [2.05, 4.69) is 5.32 Å². The summed E-state index contributed by atoms with van der Waals surface area (Å²) in [5.74, 6) is -0.240. The number of halogens is 1. The summed E-state index contributed by atoms with van der Waals surface area (Å²) in [6.07, 6.45) is 0.0307. The zero-order valence-electron chi connectivity index (χ0n) is 18.7. The highest BCUT2D eigenvalue weighted by Crippen LogP contribution is 2.42. The third-order valence-corrected chi connectivity index (χ3v) is 5.91. The standard InChI is InChI=1S/C26H25FN2O4/c1-16-4-7-18(14-23(16)27)28-26(31)22-15-24(30)29(19-8-12-21(33-3)13-9-19)25(22)17-5-10-20(32-2)11-6-17/h4-14,22,25H,15H2,1-3H3,(H,28,31). The molecule has 0 spiro atoms. The second-order valence-electron chi connectivity index (χ2n) is 7.94. The van der Waals surface area contributed by atoms with Crippen LogP contribution in [0.4, 0.5) is 15.8 Å². The van der Waals surface area contributed by atoms with Crippen LogP contribution in [0.15, 0.2) is 66.7 Å². The van der Waals surface area contributed by atoms with Crippen molar-refractivity contribution in [2.75, 3.05) is 24.4 Å². The lowest BCUT2D eigenvalue weighted by Crippen LogP contribution is -2.32. The zero-order chi connectivity index (χ0) is 23.5. The number of aryl methyl sites for hydroxylation is 1. The molecule has 2 unspecified atom stereocenters. The molecule has 0 saturated carbocycles. The van der Waals surface area contributed by atoms with Gasteiger partial charge < -0.3 is 19.7 Å². The molecule has 0 aromatic heterocycles. The first kappa shape index (κ1) is 22.3. The van der Waals surface area contributed by atoms with Gasteiger partial charge in [0.15, 0.2) is 0 Å². The first-order valence-corrected chi connectivity index (χ1v) is 10.6. The maximum Gasteiger partial charge on any atom is 0.230 e. The number of nitrogens with zero attached hydrogens (tertiary/aromatic N) is 1. The van der Waals surface area contributed by atoms with Crippen LogP contribution in [0, 0.1) is 18.7 Å². The molecule has 3 aromatic rings. The summed E-state index contributed by atoms with van der Waals surface area (Å²) in [6.45, 7) is 1.66. The average molecular weight is 448 g/mol. The minimum atomic E-state index is -0.669. The molecule has 2 amide bonds. The Balaban J connectivity index is 1.70. The SMILES string of the molecule is COc1ccc(C2C(C(=O)Nc3ccc(C)c(F)c3)CC(=O)N2c2ccc(OC)cc2)cc1. The first-order valence-electron chi connectivity index (χ1n) is 10.6. The van der Waals surface area contributed by atoms with Crippen LogP contribution in [0.5, 0.6) is 11.5 Å². The minimum absolute atomic E-state index is 0.0307. The van der Waals surface area contributed by atoms with Gasteiger partial charge in [-0.05, 0) is 66.6 Å². The Morgan fingerprint density at radius 1 is 0.970 bits per heavy atom. The molecule has 1 N–H and O–H groups in total. The highest BCUT2D eigenvalue weighted by Gasteiger charge is 2.45. The number of nitrogens with one attached hydrogen (secondary N) is 1. The Labute approximate surface area is 191 Å². The van der Waals surface area contributed by atoms with Crippen molar-refractivity contribution in [3.63, 3.8) is 0 Å². The number of carbonyl (C=O) groups is 2. The van der Waals surface area contributed by atoms with Crippen molar-refractivity contribution in [2.45, 2.75) is 19.4 Å². The smallest absolute Gasteiger partial charge is 0.230 e. The summed E-state index contributed by atoms with van der Waals surface area (Å²) in [6, 6.07) is 18.4. The van der Waals surface area contributed by atoms with E-state index in [1.165, 1.54) is 6.07 Å². The molecule has 1 fully saturated rings. The summed E-state index contributed by atoms with van der Waals surface area (Å²) < 4.78 is 24.5. The number of methoxy groups -OCH3 is 2. The van der Waals surface area contributed by atoms with E-state index in [0.717, 1.165) is 5.56 Å². The van der Waals surface area contributed by atoms with Gasteiger partial charge in [-0.15, -0.1) is 0 Å². The highest BCUT2D eigenvalue weighted by molar-refractivity contribution is 6.04. The molecule has 3 aromatic carbocycles. The third kappa shape index (κ3) is 4.53. The Morgan fingerprint density at radius 3 is 2.15 bits per heavy atom. The van der Waals surface area contributed by atoms with Gasteiger partial charge >= 0.3 is 0 Å². The van der Waals surface area contributed by atoms with E-state index >= 15 is 0 Å². The van der Waals surface area contributed by atoms with Crippen molar-refractivity contribution >= 4 is 23.2 Å². The Morgan fingerprint density at radius 2 is 1.58 bits per heavy atom. The monoisotopic (exact) mass is 448 g/mol. The molecule has 1 saturated heterocycles. The lowest BCUT2D eigenvalue weighted by Gasteiger charge is -2.28. The van der Waals surface area contributed by atoms with E-state index in [4.69, 9.17) is 9.47 Å². The van der Waals surface area contributed by atoms with Gasteiger partial charge in [0.1, 0.15) is 17.3 Å². The fraction of sp³-hybridized carbons (Fsp3) is 0.231. The molecular formula is C26H25FN2O4. The third-order valence-electron chi connectivity index (χ3n) is 5.91. The van der Waals surface area contributed by atoms with Crippen molar-refractivity contribution in [3.05, 3.63) is 83.7 Å². The van der Waals surface area contributed by atoms with Crippen LogP contribution >= 0.6 is 0 Å². The molecular weight excluding hydrogens is 423 g/mol. The van der Waals surface area contributed by atoms with Crippen molar-refractivity contribution in [1.29, 1.82) is 0 Å². The van der Waals surface area contributed by atoms with Crippen LogP contribution in [-0.4, -0.2) is 26.0 Å². The van der Waals surface area contributed by atoms with Gasteiger partial charge in [-0.2, -0.15) is 0 Å². The molecule has 1 heterocycles. The zero-order valence-corrected chi connectivity index (χ0v) is 18.7. The quantitative estimate of drug-likeness (QED) is 0.583. The van der Waals surface area contributed by atoms with Gasteiger partial charge in [-0.3, -0.25) is 9.59 Å². The van der Waals surface area contributed by atoms with E-state index in [-0.39, 0.29) is 18.2 Å². The molecule has 0 aliphatic carbocycles. The number of anilines is 2. The van der Waals surface area contributed by atoms with Crippen molar-refractivity contribution in [2.24, 2.45) is 5.92 Å². The van der Waals surface area contributed by atoms with Crippen LogP contribution in [0.25, 0.3) is 0 Å². The van der Waals surface area contributed by atoms with Crippen molar-refractivity contribution in [1.82, 2.24) is 0 Å². The van der Waals surface area contributed by atoms with E-state index < -0.39 is 17.8 Å². The van der Waals surface area contributed by atoms with Gasteiger partial charge in [0.05, 0.1) is 26.2 Å². The fourth-order valence-electron chi connectivity index (χ4n) is 4.10. The molecule has 33 heavy (non-hydrogen) atoms. The highest BCUT2D eigenvalue weighted by atomic mass is 19.1. The van der Waals surface area contributed by atoms with Gasteiger partial charge in [-0.25, -0.2) is 4.39 Å². The summed E-state index contributed by atoms with van der Waals surface area (Å²) in [4.78, 5) is 28.1. The lowest BCUT2D eigenvalue weighted by atomic mass is 9.92. The molecule has 170 valence electrons. The largest absolute Gasteiger partial charge is 0.497 e. The predicted molar refractivity (Wildman–Crippen MR) is 124 cm³/mol. The maximum absolute atomic E-state index is 14.0. The number of benzene rings is 3. The molecule has 0 bridgehead atoms. The minimum Gasteiger partial charge on any atom is -0.497 e. The second kappa shape index (κ2) is 9.32. The Hall–Kier alpha value is -3.87. The number of amides is 2. The van der Waals surface area contributed by atoms with Gasteiger partial charge in [-0.1, -0.05) is 18.2 Å².